The predicted molar refractivity (Wildman–Crippen MR) is 80.8 cm³/mol. The average molecular weight is 310 g/mol. The fraction of sp³-hybridized carbons (Fsp3) is 0.667. The number of hydrogen-bond acceptors (Lipinski definition) is 3. The maximum atomic E-state index is 6.18. The summed E-state index contributed by atoms with van der Waals surface area (Å²) in [4.78, 5) is 0. The Morgan fingerprint density at radius 1 is 1.47 bits per heavy atom. The van der Waals surface area contributed by atoms with E-state index in [1.54, 1.807) is 0 Å². The van der Waals surface area contributed by atoms with Gasteiger partial charge >= 0.3 is 0 Å². The van der Waals surface area contributed by atoms with E-state index in [4.69, 9.17) is 23.2 Å². The van der Waals surface area contributed by atoms with Gasteiger partial charge in [0.25, 0.3) is 0 Å². The van der Waals surface area contributed by atoms with E-state index in [9.17, 15) is 0 Å². The monoisotopic (exact) mass is 309 g/mol. The molecule has 0 amide bonds. The zero-order valence-electron chi connectivity index (χ0n) is 10.0. The van der Waals surface area contributed by atoms with Gasteiger partial charge in [0.05, 0.1) is 8.67 Å². The first-order chi connectivity index (χ1) is 8.11. The van der Waals surface area contributed by atoms with Crippen LogP contribution < -0.4 is 5.32 Å². The molecule has 1 N–H and O–H groups in total. The Morgan fingerprint density at radius 3 is 2.82 bits per heavy atom. The highest BCUT2D eigenvalue weighted by atomic mass is 35.5. The lowest BCUT2D eigenvalue weighted by molar-refractivity contribution is 0.468. The van der Waals surface area contributed by atoms with Crippen LogP contribution in [-0.2, 0) is 0 Å². The van der Waals surface area contributed by atoms with Crippen molar-refractivity contribution in [1.29, 1.82) is 0 Å². The molecule has 96 valence electrons. The first-order valence-electron chi connectivity index (χ1n) is 5.85. The maximum absolute atomic E-state index is 6.18. The molecule has 3 unspecified atom stereocenters. The van der Waals surface area contributed by atoms with Crippen molar-refractivity contribution >= 4 is 46.3 Å². The SMILES string of the molecule is CSC1CCCC1NC(C)c1cc(Cl)sc1Cl. The van der Waals surface area contributed by atoms with Gasteiger partial charge in [0.15, 0.2) is 0 Å². The molecule has 1 heterocycles. The maximum Gasteiger partial charge on any atom is 0.0991 e. The van der Waals surface area contributed by atoms with Crippen LogP contribution in [0.15, 0.2) is 6.07 Å². The first kappa shape index (κ1) is 14.0. The molecule has 5 heteroatoms. The molecule has 1 aromatic heterocycles. The first-order valence-corrected chi connectivity index (χ1v) is 8.71. The van der Waals surface area contributed by atoms with Crippen LogP contribution in [0.3, 0.4) is 0 Å². The topological polar surface area (TPSA) is 12.0 Å². The molecule has 1 saturated carbocycles. The molecule has 0 aliphatic heterocycles. The number of thiophene rings is 1. The van der Waals surface area contributed by atoms with E-state index in [0.29, 0.717) is 6.04 Å². The van der Waals surface area contributed by atoms with E-state index in [-0.39, 0.29) is 6.04 Å². The second-order valence-corrected chi connectivity index (χ2v) is 7.84. The summed E-state index contributed by atoms with van der Waals surface area (Å²) in [6.07, 6.45) is 6.12. The largest absolute Gasteiger partial charge is 0.306 e. The van der Waals surface area contributed by atoms with Crippen molar-refractivity contribution in [2.45, 2.75) is 43.5 Å². The predicted octanol–water partition coefficient (Wildman–Crippen LogP) is 4.99. The summed E-state index contributed by atoms with van der Waals surface area (Å²) in [6.45, 7) is 2.17. The Bertz CT molecular complexity index is 381. The van der Waals surface area contributed by atoms with Gasteiger partial charge in [-0.1, -0.05) is 29.6 Å². The van der Waals surface area contributed by atoms with Crippen LogP contribution in [-0.4, -0.2) is 17.5 Å². The lowest BCUT2D eigenvalue weighted by atomic mass is 10.1. The molecule has 0 radical (unpaired) electrons. The van der Waals surface area contributed by atoms with Crippen molar-refractivity contribution in [2.75, 3.05) is 6.26 Å². The Labute approximate surface area is 121 Å². The minimum absolute atomic E-state index is 0.281. The van der Waals surface area contributed by atoms with Crippen molar-refractivity contribution in [3.8, 4) is 0 Å². The molecule has 0 saturated heterocycles. The van der Waals surface area contributed by atoms with Crippen LogP contribution in [0.4, 0.5) is 0 Å². The second-order valence-electron chi connectivity index (χ2n) is 4.48. The van der Waals surface area contributed by atoms with Crippen LogP contribution in [0.1, 0.15) is 37.8 Å². The highest BCUT2D eigenvalue weighted by Gasteiger charge is 2.28. The van der Waals surface area contributed by atoms with Crippen LogP contribution in [0.2, 0.25) is 8.67 Å². The molecule has 0 spiro atoms. The van der Waals surface area contributed by atoms with Gasteiger partial charge in [0, 0.05) is 17.3 Å². The van der Waals surface area contributed by atoms with E-state index >= 15 is 0 Å². The molecule has 0 aromatic carbocycles. The van der Waals surface area contributed by atoms with E-state index in [1.165, 1.54) is 30.6 Å². The third-order valence-corrected chi connectivity index (χ3v) is 6.06. The standard InChI is InChI=1S/C12H17Cl2NS2/c1-7(8-6-11(13)17-12(8)14)15-9-4-3-5-10(9)16-2/h6-7,9-10,15H,3-5H2,1-2H3. The summed E-state index contributed by atoms with van der Waals surface area (Å²) in [7, 11) is 0. The fourth-order valence-electron chi connectivity index (χ4n) is 2.46. The van der Waals surface area contributed by atoms with Gasteiger partial charge in [-0.15, -0.1) is 11.3 Å². The van der Waals surface area contributed by atoms with Gasteiger partial charge in [-0.25, -0.2) is 0 Å². The molecular weight excluding hydrogens is 293 g/mol. The van der Waals surface area contributed by atoms with Crippen LogP contribution >= 0.6 is 46.3 Å². The normalized spacial score (nSPS) is 26.4. The second kappa shape index (κ2) is 6.16. The summed E-state index contributed by atoms with van der Waals surface area (Å²) in [6, 6.07) is 2.87. The molecular formula is C12H17Cl2NS2. The highest BCUT2D eigenvalue weighted by molar-refractivity contribution is 7.99. The van der Waals surface area contributed by atoms with Gasteiger partial charge in [-0.05, 0) is 37.7 Å². The number of rotatable bonds is 4. The van der Waals surface area contributed by atoms with Gasteiger partial charge in [0.1, 0.15) is 0 Å². The van der Waals surface area contributed by atoms with Gasteiger partial charge in [-0.2, -0.15) is 11.8 Å². The summed E-state index contributed by atoms with van der Waals surface area (Å²) in [5.74, 6) is 0. The third-order valence-electron chi connectivity index (χ3n) is 3.37. The van der Waals surface area contributed by atoms with Crippen molar-refractivity contribution < 1.29 is 0 Å². The molecule has 1 aliphatic rings. The third kappa shape index (κ3) is 3.32. The Morgan fingerprint density at radius 2 is 2.24 bits per heavy atom. The van der Waals surface area contributed by atoms with E-state index < -0.39 is 0 Å². The minimum atomic E-state index is 0.281. The molecule has 1 nitrogen and oxygen atoms in total. The zero-order valence-corrected chi connectivity index (χ0v) is 13.1. The Kier molecular flexibility index (Phi) is 5.07. The number of thioether (sulfide) groups is 1. The quantitative estimate of drug-likeness (QED) is 0.841. The van der Waals surface area contributed by atoms with Crippen molar-refractivity contribution in [3.63, 3.8) is 0 Å². The van der Waals surface area contributed by atoms with Crippen molar-refractivity contribution in [1.82, 2.24) is 5.32 Å². The highest BCUT2D eigenvalue weighted by Crippen LogP contribution is 2.36. The van der Waals surface area contributed by atoms with E-state index in [1.807, 2.05) is 17.8 Å². The molecule has 1 aromatic rings. The van der Waals surface area contributed by atoms with E-state index in [0.717, 1.165) is 19.5 Å². The summed E-state index contributed by atoms with van der Waals surface area (Å²) in [5, 5.41) is 4.43. The minimum Gasteiger partial charge on any atom is -0.306 e. The number of hydrogen-bond donors (Lipinski definition) is 1. The Balaban J connectivity index is 2.01. The summed E-state index contributed by atoms with van der Waals surface area (Å²) < 4.78 is 1.58. The molecule has 0 bridgehead atoms. The van der Waals surface area contributed by atoms with E-state index in [2.05, 4.69) is 18.5 Å². The summed E-state index contributed by atoms with van der Waals surface area (Å²) >= 11 is 15.6. The lowest BCUT2D eigenvalue weighted by Gasteiger charge is -2.23. The van der Waals surface area contributed by atoms with Crippen LogP contribution in [0.25, 0.3) is 0 Å². The average Bonchev–Trinajstić information content (AvgIpc) is 2.84. The van der Waals surface area contributed by atoms with Crippen LogP contribution in [0.5, 0.6) is 0 Å². The van der Waals surface area contributed by atoms with Crippen molar-refractivity contribution in [2.24, 2.45) is 0 Å². The van der Waals surface area contributed by atoms with Gasteiger partial charge < -0.3 is 5.32 Å². The molecule has 2 rings (SSSR count). The number of nitrogens with one attached hydrogen (secondary N) is 1. The lowest BCUT2D eigenvalue weighted by Crippen LogP contribution is -2.35. The molecule has 1 fully saturated rings. The van der Waals surface area contributed by atoms with Crippen molar-refractivity contribution in [3.05, 3.63) is 20.3 Å². The molecule has 17 heavy (non-hydrogen) atoms. The van der Waals surface area contributed by atoms with Gasteiger partial charge in [0.2, 0.25) is 0 Å². The Hall–Kier alpha value is 0.590. The smallest absolute Gasteiger partial charge is 0.0991 e. The zero-order chi connectivity index (χ0) is 12.4. The fourth-order valence-corrected chi connectivity index (χ4v) is 5.05. The molecule has 3 atom stereocenters. The summed E-state index contributed by atoms with van der Waals surface area (Å²) in [5.41, 5.74) is 1.13. The molecule has 1 aliphatic carbocycles. The number of halogens is 2. The van der Waals surface area contributed by atoms with Gasteiger partial charge in [-0.3, -0.25) is 0 Å². The van der Waals surface area contributed by atoms with Crippen LogP contribution in [0, 0.1) is 0 Å².